The van der Waals surface area contributed by atoms with Gasteiger partial charge in [-0.1, -0.05) is 217 Å². The molecule has 0 radical (unpaired) electrons. The Labute approximate surface area is 352 Å². The maximum absolute atomic E-state index is 12.8. The molecule has 0 aliphatic heterocycles. The van der Waals surface area contributed by atoms with Crippen LogP contribution >= 0.6 is 7.82 Å². The summed E-state index contributed by atoms with van der Waals surface area (Å²) in [6.07, 6.45) is 53.5. The van der Waals surface area contributed by atoms with Crippen LogP contribution in [0.5, 0.6) is 0 Å². The van der Waals surface area contributed by atoms with Crippen LogP contribution in [0.1, 0.15) is 232 Å². The van der Waals surface area contributed by atoms with Gasteiger partial charge in [0.25, 0.3) is 0 Å². The van der Waals surface area contributed by atoms with Crippen LogP contribution in [-0.2, 0) is 18.4 Å². The van der Waals surface area contributed by atoms with E-state index in [9.17, 15) is 19.4 Å². The first kappa shape index (κ1) is 55.7. The van der Waals surface area contributed by atoms with Gasteiger partial charge in [0.15, 0.2) is 0 Å². The fourth-order valence-electron chi connectivity index (χ4n) is 7.05. The number of aliphatic hydroxyl groups excluding tert-OH is 1. The summed E-state index contributed by atoms with van der Waals surface area (Å²) in [5.74, 6) is -0.205. The highest BCUT2D eigenvalue weighted by Crippen LogP contribution is 2.43. The Balaban J connectivity index is 4.18. The molecule has 0 saturated carbocycles. The van der Waals surface area contributed by atoms with Crippen LogP contribution in [0, 0.1) is 0 Å². The van der Waals surface area contributed by atoms with Crippen molar-refractivity contribution in [2.75, 3.05) is 19.8 Å². The molecule has 0 aliphatic rings. The fraction of sp³-hybridized carbons (Fsp3) is 0.854. The Morgan fingerprint density at radius 1 is 0.561 bits per heavy atom. The molecule has 57 heavy (non-hydrogen) atoms. The second-order valence-corrected chi connectivity index (χ2v) is 17.8. The third kappa shape index (κ3) is 42.6. The van der Waals surface area contributed by atoms with Crippen LogP contribution in [0.4, 0.5) is 0 Å². The van der Waals surface area contributed by atoms with Gasteiger partial charge in [-0.3, -0.25) is 13.8 Å². The van der Waals surface area contributed by atoms with Gasteiger partial charge in [0.2, 0.25) is 5.91 Å². The molecule has 0 aromatic heterocycles. The van der Waals surface area contributed by atoms with E-state index in [4.69, 9.17) is 14.8 Å². The third-order valence-electron chi connectivity index (χ3n) is 10.7. The molecule has 1 amide bonds. The van der Waals surface area contributed by atoms with Crippen LogP contribution in [0.3, 0.4) is 0 Å². The van der Waals surface area contributed by atoms with Crippen molar-refractivity contribution in [3.63, 3.8) is 0 Å². The third-order valence-corrected chi connectivity index (χ3v) is 11.7. The first-order chi connectivity index (χ1) is 27.9. The number of nitrogens with one attached hydrogen (secondary N) is 1. The monoisotopic (exact) mass is 825 g/mol. The van der Waals surface area contributed by atoms with Gasteiger partial charge < -0.3 is 21.1 Å². The van der Waals surface area contributed by atoms with Gasteiger partial charge in [0, 0.05) is 13.0 Å². The molecular formula is C48H93N2O6P. The molecule has 3 unspecified atom stereocenters. The molecule has 9 heteroatoms. The summed E-state index contributed by atoms with van der Waals surface area (Å²) in [7, 11) is -4.35. The summed E-state index contributed by atoms with van der Waals surface area (Å²) < 4.78 is 22.2. The molecule has 0 bridgehead atoms. The van der Waals surface area contributed by atoms with E-state index < -0.39 is 20.0 Å². The van der Waals surface area contributed by atoms with E-state index in [0.29, 0.717) is 6.42 Å². The second kappa shape index (κ2) is 44.3. The molecule has 0 heterocycles. The Hall–Kier alpha value is -1.28. The first-order valence-electron chi connectivity index (χ1n) is 24.1. The molecule has 0 aliphatic carbocycles. The van der Waals surface area contributed by atoms with Crippen LogP contribution in [0.25, 0.3) is 0 Å². The number of carbonyl (C=O) groups is 1. The molecule has 0 rings (SSSR count). The molecule has 0 saturated heterocycles. The number of nitrogens with two attached hydrogens (primary N) is 1. The molecular weight excluding hydrogens is 732 g/mol. The van der Waals surface area contributed by atoms with E-state index in [2.05, 4.69) is 43.5 Å². The van der Waals surface area contributed by atoms with Gasteiger partial charge in [-0.25, -0.2) is 4.57 Å². The molecule has 336 valence electrons. The molecule has 5 N–H and O–H groups in total. The number of hydrogen-bond acceptors (Lipinski definition) is 6. The number of amides is 1. The second-order valence-electron chi connectivity index (χ2n) is 16.3. The SMILES string of the molecule is CCCCCCCCCC/C=C/CC/C=C/CC/C=C/C(O)C(COP(=O)(O)OCCN)NC(=O)CCCCCCCCCCCCCCCCCCCCCC. The minimum atomic E-state index is -4.35. The first-order valence-corrected chi connectivity index (χ1v) is 25.6. The summed E-state index contributed by atoms with van der Waals surface area (Å²) in [6, 6.07) is -0.881. The number of allylic oxidation sites excluding steroid dienone is 5. The lowest BCUT2D eigenvalue weighted by atomic mass is 10.0. The van der Waals surface area contributed by atoms with E-state index in [0.717, 1.165) is 44.9 Å². The topological polar surface area (TPSA) is 131 Å². The Morgan fingerprint density at radius 3 is 1.35 bits per heavy atom. The van der Waals surface area contributed by atoms with E-state index in [-0.39, 0.29) is 25.7 Å². The Kier molecular flexibility index (Phi) is 43.3. The number of phosphoric acid groups is 1. The smallest absolute Gasteiger partial charge is 0.387 e. The van der Waals surface area contributed by atoms with Gasteiger partial charge >= 0.3 is 7.82 Å². The zero-order valence-electron chi connectivity index (χ0n) is 37.3. The lowest BCUT2D eigenvalue weighted by molar-refractivity contribution is -0.123. The van der Waals surface area contributed by atoms with Crippen LogP contribution < -0.4 is 11.1 Å². The predicted molar refractivity (Wildman–Crippen MR) is 244 cm³/mol. The van der Waals surface area contributed by atoms with Crippen molar-refractivity contribution < 1.29 is 28.4 Å². The number of rotatable bonds is 45. The van der Waals surface area contributed by atoms with Crippen molar-refractivity contribution in [2.45, 2.75) is 244 Å². The number of carbonyl (C=O) groups excluding carboxylic acids is 1. The van der Waals surface area contributed by atoms with Crippen molar-refractivity contribution in [1.82, 2.24) is 5.32 Å². The van der Waals surface area contributed by atoms with Crippen molar-refractivity contribution in [3.8, 4) is 0 Å². The van der Waals surface area contributed by atoms with Crippen LogP contribution in [0.15, 0.2) is 36.5 Å². The highest BCUT2D eigenvalue weighted by molar-refractivity contribution is 7.47. The molecule has 0 spiro atoms. The normalized spacial score (nSPS) is 14.3. The van der Waals surface area contributed by atoms with Crippen molar-refractivity contribution in [3.05, 3.63) is 36.5 Å². The number of phosphoric ester groups is 1. The number of aliphatic hydroxyl groups is 1. The maximum Gasteiger partial charge on any atom is 0.472 e. The average Bonchev–Trinajstić information content (AvgIpc) is 3.20. The minimum Gasteiger partial charge on any atom is -0.387 e. The lowest BCUT2D eigenvalue weighted by Crippen LogP contribution is -2.45. The highest BCUT2D eigenvalue weighted by Gasteiger charge is 2.26. The molecule has 3 atom stereocenters. The van der Waals surface area contributed by atoms with E-state index in [1.54, 1.807) is 6.08 Å². The van der Waals surface area contributed by atoms with Gasteiger partial charge in [-0.15, -0.1) is 0 Å². The quantitative estimate of drug-likeness (QED) is 0.0273. The zero-order chi connectivity index (χ0) is 41.8. The Bertz CT molecular complexity index is 990. The predicted octanol–water partition coefficient (Wildman–Crippen LogP) is 13.9. The number of hydrogen-bond donors (Lipinski definition) is 4. The lowest BCUT2D eigenvalue weighted by Gasteiger charge is -2.23. The summed E-state index contributed by atoms with van der Waals surface area (Å²) in [4.78, 5) is 22.8. The van der Waals surface area contributed by atoms with Gasteiger partial charge in [-0.2, -0.15) is 0 Å². The van der Waals surface area contributed by atoms with Gasteiger partial charge in [-0.05, 0) is 44.9 Å². The summed E-state index contributed by atoms with van der Waals surface area (Å²) in [6.45, 7) is 4.13. The van der Waals surface area contributed by atoms with Crippen molar-refractivity contribution >= 4 is 13.7 Å². The van der Waals surface area contributed by atoms with E-state index in [1.807, 2.05) is 6.08 Å². The summed E-state index contributed by atoms with van der Waals surface area (Å²) in [5.41, 5.74) is 5.38. The highest BCUT2D eigenvalue weighted by atomic mass is 31.2. The van der Waals surface area contributed by atoms with Crippen LogP contribution in [0.2, 0.25) is 0 Å². The number of unbranched alkanes of at least 4 members (excludes halogenated alkanes) is 29. The fourth-order valence-corrected chi connectivity index (χ4v) is 7.81. The molecule has 0 aromatic carbocycles. The summed E-state index contributed by atoms with van der Waals surface area (Å²) in [5, 5.41) is 13.7. The Morgan fingerprint density at radius 2 is 0.930 bits per heavy atom. The largest absolute Gasteiger partial charge is 0.472 e. The van der Waals surface area contributed by atoms with Gasteiger partial charge in [0.05, 0.1) is 25.4 Å². The van der Waals surface area contributed by atoms with Crippen molar-refractivity contribution in [1.29, 1.82) is 0 Å². The molecule has 0 aromatic rings. The maximum atomic E-state index is 12.8. The molecule has 8 nitrogen and oxygen atoms in total. The average molecular weight is 825 g/mol. The zero-order valence-corrected chi connectivity index (χ0v) is 38.2. The van der Waals surface area contributed by atoms with Crippen LogP contribution in [-0.4, -0.2) is 47.8 Å². The standard InChI is InChI=1S/C48H93N2O6P/c1-3-5-7-9-11-13-15-17-19-21-23-24-26-28-30-32-34-36-38-40-42-48(52)50-46(45-56-57(53,54)55-44-43-49)47(51)41-39-37-35-33-31-29-27-25-22-20-18-16-14-12-10-8-6-4-2/h22,25,31,33,39,41,46-47,51H,3-21,23-24,26-30,32,34-38,40,42-45,49H2,1-2H3,(H,50,52)(H,53,54)/b25-22+,33-31+,41-39+. The molecule has 0 fully saturated rings. The van der Waals surface area contributed by atoms with Crippen molar-refractivity contribution in [2.24, 2.45) is 5.73 Å². The van der Waals surface area contributed by atoms with E-state index >= 15 is 0 Å². The van der Waals surface area contributed by atoms with E-state index in [1.165, 1.54) is 167 Å². The minimum absolute atomic E-state index is 0.0728. The summed E-state index contributed by atoms with van der Waals surface area (Å²) >= 11 is 0. The van der Waals surface area contributed by atoms with Gasteiger partial charge in [0.1, 0.15) is 0 Å².